The minimum atomic E-state index is -1.03. The number of hydrogen-bond donors (Lipinski definition) is 1. The fourth-order valence-electron chi connectivity index (χ4n) is 3.83. The number of nitro groups is 2. The maximum absolute atomic E-state index is 13.3. The zero-order chi connectivity index (χ0) is 26.1. The lowest BCUT2D eigenvalue weighted by atomic mass is 9.84. The van der Waals surface area contributed by atoms with Gasteiger partial charge in [-0.05, 0) is 29.3 Å². The summed E-state index contributed by atoms with van der Waals surface area (Å²) in [5, 5.41) is 32.0. The van der Waals surface area contributed by atoms with Gasteiger partial charge in [0, 0.05) is 24.3 Å². The van der Waals surface area contributed by atoms with Crippen molar-refractivity contribution in [3.05, 3.63) is 105 Å². The van der Waals surface area contributed by atoms with Crippen LogP contribution in [0.2, 0.25) is 0 Å². The minimum Gasteiger partial charge on any atom is -0.466 e. The van der Waals surface area contributed by atoms with Crippen LogP contribution in [0.25, 0.3) is 17.5 Å². The van der Waals surface area contributed by atoms with Crippen molar-refractivity contribution in [2.45, 2.75) is 5.92 Å². The van der Waals surface area contributed by atoms with Crippen molar-refractivity contribution < 1.29 is 19.4 Å². The van der Waals surface area contributed by atoms with Crippen LogP contribution in [-0.4, -0.2) is 27.5 Å². The highest BCUT2D eigenvalue weighted by atomic mass is 32.1. The molecule has 13 heteroatoms. The Balaban J connectivity index is 1.99. The van der Waals surface area contributed by atoms with Gasteiger partial charge in [0.05, 0.1) is 44.6 Å². The maximum atomic E-state index is 13.3. The predicted octanol–water partition coefficient (Wildman–Crippen LogP) is 1.33. The first-order chi connectivity index (χ1) is 17.2. The monoisotopic (exact) mass is 505 g/mol. The lowest BCUT2D eigenvalue weighted by Gasteiger charge is -2.24. The van der Waals surface area contributed by atoms with Crippen LogP contribution in [0.15, 0.2) is 58.9 Å². The third-order valence-corrected chi connectivity index (χ3v) is 6.62. The molecule has 0 fully saturated rings. The molecule has 1 atom stereocenters. The Labute approximate surface area is 205 Å². The Morgan fingerprint density at radius 1 is 1.11 bits per heavy atom. The van der Waals surface area contributed by atoms with E-state index in [0.29, 0.717) is 11.1 Å². The summed E-state index contributed by atoms with van der Waals surface area (Å²) in [6.45, 7) is 0. The molecule has 0 spiro atoms. The van der Waals surface area contributed by atoms with E-state index in [1.54, 1.807) is 0 Å². The molecule has 0 radical (unpaired) electrons. The summed E-state index contributed by atoms with van der Waals surface area (Å²) in [4.78, 5) is 46.8. The van der Waals surface area contributed by atoms with E-state index in [1.165, 1.54) is 54.6 Å². The highest BCUT2D eigenvalue weighted by Crippen LogP contribution is 2.37. The number of nitrogens with two attached hydrogens (primary N) is 1. The van der Waals surface area contributed by atoms with Crippen molar-refractivity contribution in [1.29, 1.82) is 5.26 Å². The molecule has 0 amide bonds. The van der Waals surface area contributed by atoms with Gasteiger partial charge in [0.25, 0.3) is 16.9 Å². The number of methoxy groups -OCH3 is 1. The summed E-state index contributed by atoms with van der Waals surface area (Å²) < 4.78 is 6.28. The lowest BCUT2D eigenvalue weighted by molar-refractivity contribution is -0.385. The molecule has 2 N–H and O–H groups in total. The van der Waals surface area contributed by atoms with Crippen molar-refractivity contribution >= 4 is 46.2 Å². The molecule has 0 aliphatic carbocycles. The largest absolute Gasteiger partial charge is 0.466 e. The Morgan fingerprint density at radius 3 is 2.17 bits per heavy atom. The number of esters is 1. The van der Waals surface area contributed by atoms with Crippen molar-refractivity contribution in [2.24, 2.45) is 5.73 Å². The topological polar surface area (TPSA) is 184 Å². The number of nitrogens with zero attached hydrogens (tertiary/aromatic N) is 4. The molecule has 12 nitrogen and oxygen atoms in total. The molecule has 0 saturated heterocycles. The molecule has 4 rings (SSSR count). The molecule has 1 aliphatic rings. The average Bonchev–Trinajstić information content (AvgIpc) is 3.19. The van der Waals surface area contributed by atoms with E-state index in [4.69, 9.17) is 10.5 Å². The Hall–Kier alpha value is -5.09. The van der Waals surface area contributed by atoms with Crippen LogP contribution in [0.5, 0.6) is 0 Å². The zero-order valence-electron chi connectivity index (χ0n) is 18.4. The molecule has 3 aromatic rings. The molecule has 1 unspecified atom stereocenters. The second kappa shape index (κ2) is 9.28. The molecule has 36 heavy (non-hydrogen) atoms. The van der Waals surface area contributed by atoms with Gasteiger partial charge in [-0.15, -0.1) is 11.3 Å². The number of fused-ring (bicyclic) bond motifs is 1. The summed E-state index contributed by atoms with van der Waals surface area (Å²) in [6.07, 6.45) is 1.49. The van der Waals surface area contributed by atoms with E-state index < -0.39 is 27.3 Å². The van der Waals surface area contributed by atoms with Gasteiger partial charge in [-0.25, -0.2) is 4.79 Å². The molecular formula is C23H15N5O7S. The van der Waals surface area contributed by atoms with Gasteiger partial charge in [0.15, 0.2) is 0 Å². The first kappa shape index (κ1) is 24.0. The van der Waals surface area contributed by atoms with Gasteiger partial charge >= 0.3 is 5.97 Å². The molecule has 180 valence electrons. The highest BCUT2D eigenvalue weighted by molar-refractivity contribution is 7.07. The van der Waals surface area contributed by atoms with Crippen LogP contribution in [-0.2, 0) is 9.53 Å². The number of nitro benzene ring substituents is 2. The number of aromatic nitrogens is 1. The van der Waals surface area contributed by atoms with Gasteiger partial charge in [-0.2, -0.15) is 5.26 Å². The number of carbonyl (C=O) groups excluding carboxylic acids is 1. The van der Waals surface area contributed by atoms with Crippen molar-refractivity contribution in [2.75, 3.05) is 7.11 Å². The van der Waals surface area contributed by atoms with Crippen molar-refractivity contribution in [1.82, 2.24) is 4.57 Å². The summed E-state index contributed by atoms with van der Waals surface area (Å²) in [5.41, 5.74) is 6.13. The number of carbonyl (C=O) groups is 1. The smallest absolute Gasteiger partial charge is 0.338 e. The predicted molar refractivity (Wildman–Crippen MR) is 129 cm³/mol. The zero-order valence-corrected chi connectivity index (χ0v) is 19.2. The molecule has 1 aromatic heterocycles. The second-order valence-corrected chi connectivity index (χ2v) is 8.53. The summed E-state index contributed by atoms with van der Waals surface area (Å²) in [5.74, 6) is -2.13. The first-order valence-corrected chi connectivity index (χ1v) is 10.9. The maximum Gasteiger partial charge on any atom is 0.338 e. The van der Waals surface area contributed by atoms with Gasteiger partial charge in [0.2, 0.25) is 0 Å². The molecule has 2 heterocycles. The van der Waals surface area contributed by atoms with Crippen molar-refractivity contribution in [3.63, 3.8) is 0 Å². The lowest BCUT2D eigenvalue weighted by Crippen LogP contribution is -2.40. The number of rotatable bonds is 5. The van der Waals surface area contributed by atoms with Crippen LogP contribution in [0.1, 0.15) is 17.0 Å². The Bertz CT molecular complexity index is 1680. The number of nitriles is 1. The molecule has 1 aliphatic heterocycles. The van der Waals surface area contributed by atoms with E-state index >= 15 is 0 Å². The van der Waals surface area contributed by atoms with Crippen LogP contribution in [0.4, 0.5) is 11.4 Å². The molecule has 0 bridgehead atoms. The Morgan fingerprint density at radius 2 is 1.67 bits per heavy atom. The molecule has 2 aromatic carbocycles. The fourth-order valence-corrected chi connectivity index (χ4v) is 4.96. The summed E-state index contributed by atoms with van der Waals surface area (Å²) in [6, 6.07) is 12.8. The SMILES string of the molecule is COC(=O)C1=C(N)n2c(sc(=Cc3ccc([N+](=O)[O-])cc3)c2=O)=C(C#N)C1c1ccc([N+](=O)[O-])cc1. The van der Waals surface area contributed by atoms with E-state index in [2.05, 4.69) is 0 Å². The van der Waals surface area contributed by atoms with Gasteiger partial charge in [-0.1, -0.05) is 12.1 Å². The van der Waals surface area contributed by atoms with Crippen LogP contribution < -0.4 is 20.5 Å². The molecular weight excluding hydrogens is 490 g/mol. The standard InChI is InChI=1S/C23H15N5O7S/c1-35-23(30)19-18(13-4-8-15(9-5-13)28(33)34)16(11-24)22-26(20(19)25)21(29)17(36-22)10-12-2-6-14(7-3-12)27(31)32/h2-10,18H,25H2,1H3. The van der Waals surface area contributed by atoms with E-state index in [0.717, 1.165) is 23.0 Å². The fraction of sp³-hybridized carbons (Fsp3) is 0.0870. The van der Waals surface area contributed by atoms with Gasteiger partial charge in [0.1, 0.15) is 10.5 Å². The quantitative estimate of drug-likeness (QED) is 0.303. The Kier molecular flexibility index (Phi) is 6.20. The summed E-state index contributed by atoms with van der Waals surface area (Å²) >= 11 is 0.959. The number of non-ortho nitro benzene ring substituents is 2. The number of hydrogen-bond acceptors (Lipinski definition) is 10. The number of thiazole rings is 1. The molecule has 0 saturated carbocycles. The van der Waals surface area contributed by atoms with Crippen LogP contribution in [0, 0.1) is 31.6 Å². The minimum absolute atomic E-state index is 0.0314. The first-order valence-electron chi connectivity index (χ1n) is 10.1. The number of benzene rings is 2. The van der Waals surface area contributed by atoms with Gasteiger partial charge in [-0.3, -0.25) is 29.6 Å². The number of ether oxygens (including phenoxy) is 1. The third-order valence-electron chi connectivity index (χ3n) is 5.51. The van der Waals surface area contributed by atoms with Gasteiger partial charge < -0.3 is 10.5 Å². The van der Waals surface area contributed by atoms with Crippen LogP contribution >= 0.6 is 11.3 Å². The second-order valence-electron chi connectivity index (χ2n) is 7.50. The summed E-state index contributed by atoms with van der Waals surface area (Å²) in [7, 11) is 1.13. The normalized spacial score (nSPS) is 15.3. The highest BCUT2D eigenvalue weighted by Gasteiger charge is 2.36. The van der Waals surface area contributed by atoms with E-state index in [9.17, 15) is 35.1 Å². The van der Waals surface area contributed by atoms with Crippen molar-refractivity contribution in [3.8, 4) is 6.07 Å². The average molecular weight is 505 g/mol. The van der Waals surface area contributed by atoms with E-state index in [1.807, 2.05) is 6.07 Å². The third kappa shape index (κ3) is 4.01. The van der Waals surface area contributed by atoms with E-state index in [-0.39, 0.29) is 37.5 Å². The van der Waals surface area contributed by atoms with Crippen LogP contribution in [0.3, 0.4) is 0 Å².